The third kappa shape index (κ3) is 7.72. The van der Waals surface area contributed by atoms with E-state index in [1.807, 2.05) is 0 Å². The van der Waals surface area contributed by atoms with Crippen molar-refractivity contribution in [3.63, 3.8) is 0 Å². The van der Waals surface area contributed by atoms with Crippen molar-refractivity contribution in [3.8, 4) is 22.6 Å². The van der Waals surface area contributed by atoms with E-state index in [1.54, 1.807) is 0 Å². The maximum Gasteiger partial charge on any atom is 0.256 e. The third-order valence-corrected chi connectivity index (χ3v) is 13.6. The molecule has 0 bridgehead atoms. The Balaban J connectivity index is 1.17. The number of hydrogen-bond donors (Lipinski definition) is 0. The van der Waals surface area contributed by atoms with Crippen molar-refractivity contribution in [1.29, 1.82) is 0 Å². The number of fused-ring (bicyclic) bond motifs is 4. The van der Waals surface area contributed by atoms with Gasteiger partial charge < -0.3 is 19.4 Å². The van der Waals surface area contributed by atoms with Crippen LogP contribution in [-0.4, -0.2) is 6.71 Å². The van der Waals surface area contributed by atoms with Crippen LogP contribution in [0.4, 0.5) is 51.2 Å². The normalized spacial score (nSPS) is 12.7. The number of para-hydroxylation sites is 4. The predicted molar refractivity (Wildman–Crippen MR) is 289 cm³/mol. The molecule has 0 aromatic heterocycles. The molecule has 0 saturated carbocycles. The van der Waals surface area contributed by atoms with Crippen LogP contribution in [0.25, 0.3) is 11.1 Å². The van der Waals surface area contributed by atoms with Gasteiger partial charge in [0.2, 0.25) is 0 Å². The number of benzene rings is 9. The van der Waals surface area contributed by atoms with Gasteiger partial charge in [-0.15, -0.1) is 0 Å². The molecule has 0 saturated heterocycles. The minimum atomic E-state index is -0.0935. The van der Waals surface area contributed by atoms with Crippen LogP contribution in [0.15, 0.2) is 212 Å². The first-order valence-corrected chi connectivity index (χ1v) is 23.9. The van der Waals surface area contributed by atoms with Gasteiger partial charge in [-0.05, 0) is 147 Å². The lowest BCUT2D eigenvalue weighted by Crippen LogP contribution is -2.59. The Morgan fingerprint density at radius 3 is 1.46 bits per heavy atom. The Kier molecular flexibility index (Phi) is 10.6. The fourth-order valence-electron chi connectivity index (χ4n) is 10.2. The van der Waals surface area contributed by atoms with Crippen LogP contribution in [0.3, 0.4) is 0 Å². The molecule has 2 aliphatic heterocycles. The Morgan fingerprint density at radius 2 is 0.912 bits per heavy atom. The summed E-state index contributed by atoms with van der Waals surface area (Å²) in [6.07, 6.45) is 0. The molecule has 4 nitrogen and oxygen atoms in total. The summed E-state index contributed by atoms with van der Waals surface area (Å²) in [6, 6.07) is 77.4. The average molecular weight is 882 g/mol. The zero-order chi connectivity index (χ0) is 46.7. The van der Waals surface area contributed by atoms with Gasteiger partial charge in [0.1, 0.15) is 11.5 Å². The van der Waals surface area contributed by atoms with Crippen molar-refractivity contribution in [2.24, 2.45) is 0 Å². The lowest BCUT2D eigenvalue weighted by molar-refractivity contribution is 0.487. The van der Waals surface area contributed by atoms with Gasteiger partial charge >= 0.3 is 0 Å². The largest absolute Gasteiger partial charge is 0.458 e. The van der Waals surface area contributed by atoms with Crippen molar-refractivity contribution in [1.82, 2.24) is 0 Å². The highest BCUT2D eigenvalue weighted by molar-refractivity contribution is 6.99. The van der Waals surface area contributed by atoms with E-state index in [0.717, 1.165) is 73.7 Å². The SMILES string of the molecule is Cc1cc2c3c(c1)N(c1ccc(C(C)(C)C)cc1-c1cccc(C(C)(C)C)c1)c1cc(N(c4ccccc4)c4ccccc4)ccc1B3c1ccc(N(c3ccccc3)c3ccccc3)cc1O2. The molecule has 0 spiro atoms. The molecule has 0 radical (unpaired) electrons. The lowest BCUT2D eigenvalue weighted by Gasteiger charge is -2.42. The second-order valence-electron chi connectivity index (χ2n) is 20.4. The summed E-state index contributed by atoms with van der Waals surface area (Å²) in [5.41, 5.74) is 19.5. The summed E-state index contributed by atoms with van der Waals surface area (Å²) in [7, 11) is 0. The highest BCUT2D eigenvalue weighted by atomic mass is 16.5. The summed E-state index contributed by atoms with van der Waals surface area (Å²) in [5.74, 6) is 1.75. The van der Waals surface area contributed by atoms with E-state index >= 15 is 0 Å². The van der Waals surface area contributed by atoms with Crippen molar-refractivity contribution < 1.29 is 4.74 Å². The molecule has 9 aromatic rings. The van der Waals surface area contributed by atoms with Gasteiger partial charge in [0.05, 0.1) is 5.69 Å². The van der Waals surface area contributed by atoms with Gasteiger partial charge in [-0.1, -0.05) is 157 Å². The highest BCUT2D eigenvalue weighted by Gasteiger charge is 2.43. The molecule has 332 valence electrons. The maximum atomic E-state index is 7.21. The van der Waals surface area contributed by atoms with E-state index in [-0.39, 0.29) is 17.5 Å². The van der Waals surface area contributed by atoms with Crippen LogP contribution in [0.5, 0.6) is 11.5 Å². The summed E-state index contributed by atoms with van der Waals surface area (Å²) in [5, 5.41) is 0. The molecule has 0 atom stereocenters. The van der Waals surface area contributed by atoms with E-state index in [1.165, 1.54) is 33.2 Å². The van der Waals surface area contributed by atoms with Gasteiger partial charge in [0.15, 0.2) is 0 Å². The first-order valence-electron chi connectivity index (χ1n) is 23.9. The summed E-state index contributed by atoms with van der Waals surface area (Å²) < 4.78 is 7.21. The molecular formula is C63H56BN3O. The monoisotopic (exact) mass is 881 g/mol. The first kappa shape index (κ1) is 42.9. The van der Waals surface area contributed by atoms with Crippen molar-refractivity contribution in [2.75, 3.05) is 14.7 Å². The van der Waals surface area contributed by atoms with E-state index in [9.17, 15) is 0 Å². The van der Waals surface area contributed by atoms with Gasteiger partial charge in [-0.2, -0.15) is 0 Å². The Hall–Kier alpha value is -7.76. The van der Waals surface area contributed by atoms with Crippen molar-refractivity contribution >= 4 is 74.3 Å². The van der Waals surface area contributed by atoms with Crippen LogP contribution in [0, 0.1) is 6.92 Å². The van der Waals surface area contributed by atoms with Crippen molar-refractivity contribution in [2.45, 2.75) is 59.3 Å². The molecule has 9 aromatic carbocycles. The summed E-state index contributed by atoms with van der Waals surface area (Å²) in [4.78, 5) is 7.22. The van der Waals surface area contributed by atoms with Crippen LogP contribution in [0.2, 0.25) is 0 Å². The topological polar surface area (TPSA) is 19.0 Å². The van der Waals surface area contributed by atoms with Crippen LogP contribution in [-0.2, 0) is 10.8 Å². The fourth-order valence-corrected chi connectivity index (χ4v) is 10.2. The van der Waals surface area contributed by atoms with E-state index in [2.05, 4.69) is 275 Å². The molecule has 2 aliphatic rings. The molecule has 0 aliphatic carbocycles. The molecule has 0 amide bonds. The minimum absolute atomic E-state index is 0.0184. The molecular weight excluding hydrogens is 826 g/mol. The smallest absolute Gasteiger partial charge is 0.256 e. The number of rotatable bonds is 8. The van der Waals surface area contributed by atoms with Crippen molar-refractivity contribution in [3.05, 3.63) is 229 Å². The Bertz CT molecular complexity index is 3220. The zero-order valence-corrected chi connectivity index (χ0v) is 40.0. The number of nitrogens with zero attached hydrogens (tertiary/aromatic N) is 3. The Labute approximate surface area is 402 Å². The number of hydrogen-bond acceptors (Lipinski definition) is 4. The van der Waals surface area contributed by atoms with Gasteiger partial charge in [-0.25, -0.2) is 0 Å². The zero-order valence-electron chi connectivity index (χ0n) is 40.0. The van der Waals surface area contributed by atoms with Gasteiger partial charge in [0, 0.05) is 57.1 Å². The number of ether oxygens (including phenoxy) is 1. The lowest BCUT2D eigenvalue weighted by atomic mass is 9.34. The van der Waals surface area contributed by atoms with E-state index < -0.39 is 0 Å². The van der Waals surface area contributed by atoms with E-state index in [0.29, 0.717) is 0 Å². The van der Waals surface area contributed by atoms with Gasteiger partial charge in [-0.3, -0.25) is 0 Å². The van der Waals surface area contributed by atoms with E-state index in [4.69, 9.17) is 4.74 Å². The summed E-state index contributed by atoms with van der Waals surface area (Å²) in [6.45, 7) is 15.9. The molecule has 68 heavy (non-hydrogen) atoms. The third-order valence-electron chi connectivity index (χ3n) is 13.6. The van der Waals surface area contributed by atoms with Gasteiger partial charge in [0.25, 0.3) is 6.71 Å². The Morgan fingerprint density at radius 1 is 0.397 bits per heavy atom. The van der Waals surface area contributed by atoms with Crippen LogP contribution < -0.4 is 35.8 Å². The van der Waals surface area contributed by atoms with Crippen LogP contribution in [0.1, 0.15) is 58.2 Å². The number of anilines is 9. The second kappa shape index (κ2) is 16.8. The average Bonchev–Trinajstić information content (AvgIpc) is 3.34. The standard InChI is InChI=1S/C63H56BN3O/c1-43-37-58-61-60(38-43)68-59-42-52(66(49-27-16-10-17-28-49)50-29-18-11-19-30-50)33-35-55(59)64(61)54-34-32-51(65(47-23-12-8-13-24-47)48-25-14-9-15-26-48)41-57(54)67(58)56-36-31-46(63(5,6)7)40-53(56)44-21-20-22-45(39-44)62(2,3)4/h8-42H,1-7H3. The molecule has 0 fully saturated rings. The fraction of sp³-hybridized carbons (Fsp3) is 0.143. The molecule has 0 unspecified atom stereocenters. The molecule has 2 heterocycles. The molecule has 11 rings (SSSR count). The molecule has 5 heteroatoms. The number of aryl methyl sites for hydroxylation is 1. The second-order valence-corrected chi connectivity index (χ2v) is 20.4. The minimum Gasteiger partial charge on any atom is -0.458 e. The summed E-state index contributed by atoms with van der Waals surface area (Å²) >= 11 is 0. The highest BCUT2D eigenvalue weighted by Crippen LogP contribution is 2.48. The maximum absolute atomic E-state index is 7.21. The quantitative estimate of drug-likeness (QED) is 0.142. The van der Waals surface area contributed by atoms with Crippen LogP contribution >= 0.6 is 0 Å². The first-order chi connectivity index (χ1) is 32.9. The molecule has 0 N–H and O–H groups in total. The predicted octanol–water partition coefficient (Wildman–Crippen LogP) is 15.6.